The van der Waals surface area contributed by atoms with E-state index in [1.165, 1.54) is 0 Å². The topological polar surface area (TPSA) is 40.5 Å². The van der Waals surface area contributed by atoms with Crippen molar-refractivity contribution in [3.05, 3.63) is 120 Å². The molecule has 4 aromatic carbocycles. The summed E-state index contributed by atoms with van der Waals surface area (Å²) in [5, 5.41) is 17.7. The van der Waals surface area contributed by atoms with Crippen LogP contribution in [0.4, 0.5) is 0 Å². The SMILES string of the molecule is C#Cc1cccc(O)c1.C#Cc1cccc(O)c1.[Zr+2].c1cc[cH-]c1.c1cc[cH-]c1. The Kier molecular flexibility index (Phi) is 15.0. The van der Waals surface area contributed by atoms with E-state index >= 15 is 0 Å². The third-order valence-corrected chi connectivity index (χ3v) is 3.14. The number of terminal acetylenes is 2. The second-order valence-electron chi connectivity index (χ2n) is 5.31. The summed E-state index contributed by atoms with van der Waals surface area (Å²) in [6.45, 7) is 0. The van der Waals surface area contributed by atoms with Crippen molar-refractivity contribution in [1.82, 2.24) is 0 Å². The Morgan fingerprint density at radius 3 is 1.10 bits per heavy atom. The van der Waals surface area contributed by atoms with Crippen LogP contribution in [0.15, 0.2) is 109 Å². The van der Waals surface area contributed by atoms with Gasteiger partial charge in [0.2, 0.25) is 0 Å². The average molecular weight is 458 g/mol. The van der Waals surface area contributed by atoms with Crippen molar-refractivity contribution in [1.29, 1.82) is 0 Å². The number of phenolic OH excluding ortho intramolecular Hbond substituents is 2. The van der Waals surface area contributed by atoms with Crippen molar-refractivity contribution in [3.8, 4) is 36.2 Å². The molecule has 0 aliphatic carbocycles. The van der Waals surface area contributed by atoms with Crippen molar-refractivity contribution in [2.24, 2.45) is 0 Å². The standard InChI is InChI=1S/2C8H6O.2C5H5.Zr/c2*1-2-7-4-3-5-8(9)6-7;2*1-2-4-5-3-1;/h2*1,3-6,9H;2*1-5H;/q;;2*-1;+2. The van der Waals surface area contributed by atoms with Gasteiger partial charge < -0.3 is 10.2 Å². The molecular weight excluding hydrogens is 436 g/mol. The van der Waals surface area contributed by atoms with Crippen LogP contribution in [0.3, 0.4) is 0 Å². The molecule has 29 heavy (non-hydrogen) atoms. The molecule has 0 aromatic heterocycles. The van der Waals surface area contributed by atoms with Gasteiger partial charge in [0.1, 0.15) is 11.5 Å². The monoisotopic (exact) mass is 456 g/mol. The van der Waals surface area contributed by atoms with Gasteiger partial charge in [-0.25, -0.2) is 24.3 Å². The van der Waals surface area contributed by atoms with Crippen molar-refractivity contribution in [2.45, 2.75) is 0 Å². The van der Waals surface area contributed by atoms with Gasteiger partial charge in [-0.2, -0.15) is 36.4 Å². The van der Waals surface area contributed by atoms with Crippen LogP contribution in [0.1, 0.15) is 11.1 Å². The first-order chi connectivity index (χ1) is 13.7. The number of aromatic hydroxyl groups is 2. The number of benzene rings is 2. The van der Waals surface area contributed by atoms with Gasteiger partial charge in [0.05, 0.1) is 0 Å². The van der Waals surface area contributed by atoms with E-state index in [4.69, 9.17) is 23.1 Å². The molecule has 4 rings (SSSR count). The normalized spacial score (nSPS) is 7.93. The van der Waals surface area contributed by atoms with Crippen molar-refractivity contribution >= 4 is 0 Å². The van der Waals surface area contributed by atoms with Crippen molar-refractivity contribution in [2.75, 3.05) is 0 Å². The Hall–Kier alpha value is -3.26. The summed E-state index contributed by atoms with van der Waals surface area (Å²) in [7, 11) is 0. The molecule has 3 heteroatoms. The van der Waals surface area contributed by atoms with E-state index in [1.807, 2.05) is 60.7 Å². The van der Waals surface area contributed by atoms with E-state index < -0.39 is 0 Å². The largest absolute Gasteiger partial charge is 2.00 e. The molecule has 0 aliphatic rings. The molecule has 0 aliphatic heterocycles. The average Bonchev–Trinajstić information content (AvgIpc) is 3.47. The van der Waals surface area contributed by atoms with Gasteiger partial charge in [0.15, 0.2) is 0 Å². The third kappa shape index (κ3) is 13.5. The minimum absolute atomic E-state index is 0. The zero-order chi connectivity index (χ0) is 20.5. The van der Waals surface area contributed by atoms with Gasteiger partial charge >= 0.3 is 26.2 Å². The van der Waals surface area contributed by atoms with E-state index in [0.29, 0.717) is 11.1 Å². The molecule has 0 unspecified atom stereocenters. The summed E-state index contributed by atoms with van der Waals surface area (Å²) >= 11 is 0. The molecule has 0 saturated heterocycles. The summed E-state index contributed by atoms with van der Waals surface area (Å²) in [6, 6.07) is 33.2. The minimum Gasteiger partial charge on any atom is -0.508 e. The maximum absolute atomic E-state index is 8.85. The Labute approximate surface area is 192 Å². The Morgan fingerprint density at radius 1 is 0.586 bits per heavy atom. The van der Waals surface area contributed by atoms with Crippen LogP contribution in [0.2, 0.25) is 0 Å². The molecule has 2 nitrogen and oxygen atoms in total. The number of phenols is 2. The molecule has 0 bridgehead atoms. The number of hydrogen-bond donors (Lipinski definition) is 2. The molecule has 0 saturated carbocycles. The van der Waals surface area contributed by atoms with Crippen molar-refractivity contribution in [3.63, 3.8) is 0 Å². The summed E-state index contributed by atoms with van der Waals surface area (Å²) in [5.74, 6) is 5.24. The van der Waals surface area contributed by atoms with Crippen LogP contribution in [-0.2, 0) is 26.2 Å². The maximum atomic E-state index is 8.85. The first-order valence-electron chi connectivity index (χ1n) is 8.50. The number of rotatable bonds is 0. The predicted molar refractivity (Wildman–Crippen MR) is 116 cm³/mol. The second-order valence-corrected chi connectivity index (χ2v) is 5.31. The molecule has 0 fully saturated rings. The summed E-state index contributed by atoms with van der Waals surface area (Å²) in [4.78, 5) is 0. The van der Waals surface area contributed by atoms with Gasteiger partial charge in [0.25, 0.3) is 0 Å². The van der Waals surface area contributed by atoms with E-state index in [-0.39, 0.29) is 37.7 Å². The molecule has 0 atom stereocenters. The van der Waals surface area contributed by atoms with E-state index in [9.17, 15) is 0 Å². The number of hydrogen-bond acceptors (Lipinski definition) is 2. The molecule has 0 heterocycles. The fraction of sp³-hybridized carbons (Fsp3) is 0. The summed E-state index contributed by atoms with van der Waals surface area (Å²) in [6.07, 6.45) is 10.1. The van der Waals surface area contributed by atoms with Crippen LogP contribution >= 0.6 is 0 Å². The molecule has 4 aromatic rings. The van der Waals surface area contributed by atoms with Gasteiger partial charge in [-0.3, -0.25) is 0 Å². The molecule has 142 valence electrons. The molecule has 0 spiro atoms. The first kappa shape index (κ1) is 25.7. The van der Waals surface area contributed by atoms with Crippen molar-refractivity contribution < 1.29 is 36.4 Å². The van der Waals surface area contributed by atoms with E-state index in [1.54, 1.807) is 48.5 Å². The van der Waals surface area contributed by atoms with Crippen LogP contribution in [0, 0.1) is 24.7 Å². The minimum atomic E-state index is 0. The second kappa shape index (κ2) is 16.9. The van der Waals surface area contributed by atoms with Crippen LogP contribution < -0.4 is 0 Å². The maximum Gasteiger partial charge on any atom is 2.00 e. The summed E-state index contributed by atoms with van der Waals surface area (Å²) in [5.41, 5.74) is 1.41. The summed E-state index contributed by atoms with van der Waals surface area (Å²) < 4.78 is 0. The Morgan fingerprint density at radius 2 is 0.931 bits per heavy atom. The van der Waals surface area contributed by atoms with Crippen LogP contribution in [0.5, 0.6) is 11.5 Å². The van der Waals surface area contributed by atoms with Gasteiger partial charge in [-0.1, -0.05) is 24.0 Å². The molecule has 0 amide bonds. The molecule has 2 N–H and O–H groups in total. The zero-order valence-corrected chi connectivity index (χ0v) is 18.4. The quantitative estimate of drug-likeness (QED) is 0.268. The molecule has 0 radical (unpaired) electrons. The fourth-order valence-electron chi connectivity index (χ4n) is 1.83. The van der Waals surface area contributed by atoms with E-state index in [0.717, 1.165) is 0 Å². The van der Waals surface area contributed by atoms with Crippen LogP contribution in [-0.4, -0.2) is 10.2 Å². The Bertz CT molecular complexity index is 840. The van der Waals surface area contributed by atoms with Crippen LogP contribution in [0.25, 0.3) is 0 Å². The first-order valence-corrected chi connectivity index (χ1v) is 8.50. The van der Waals surface area contributed by atoms with Gasteiger partial charge in [0, 0.05) is 11.1 Å². The predicted octanol–water partition coefficient (Wildman–Crippen LogP) is 5.56. The van der Waals surface area contributed by atoms with Gasteiger partial charge in [-0.05, 0) is 36.4 Å². The smallest absolute Gasteiger partial charge is 0.508 e. The third-order valence-electron chi connectivity index (χ3n) is 3.14. The Balaban J connectivity index is 0.000000369. The zero-order valence-electron chi connectivity index (χ0n) is 15.9. The van der Waals surface area contributed by atoms with Gasteiger partial charge in [-0.15, -0.1) is 12.8 Å². The van der Waals surface area contributed by atoms with E-state index in [2.05, 4.69) is 11.8 Å². The molecular formula is C26H22O2Zr. The fourth-order valence-corrected chi connectivity index (χ4v) is 1.83.